The van der Waals surface area contributed by atoms with E-state index in [4.69, 9.17) is 18.2 Å². The number of halogens is 1. The molecule has 1 aliphatic carbocycles. The van der Waals surface area contributed by atoms with Gasteiger partial charge in [0.15, 0.2) is 11.5 Å². The molecule has 0 atom stereocenters. The third-order valence-electron chi connectivity index (χ3n) is 3.55. The number of hydrogen-bond donors (Lipinski definition) is 0. The fourth-order valence-electron chi connectivity index (χ4n) is 2.27. The first kappa shape index (κ1) is 14.2. The Morgan fingerprint density at radius 3 is 3.00 bits per heavy atom. The molecule has 0 aliphatic heterocycles. The smallest absolute Gasteiger partial charge is 0.191 e. The fraction of sp³-hybridized carbons (Fsp3) is 0.333. The molecule has 0 N–H and O–H groups in total. The lowest BCUT2D eigenvalue weighted by Crippen LogP contribution is -2.02. The van der Waals surface area contributed by atoms with Crippen molar-refractivity contribution in [3.63, 3.8) is 0 Å². The van der Waals surface area contributed by atoms with Crippen molar-refractivity contribution in [2.45, 2.75) is 31.6 Å². The Kier molecular flexibility index (Phi) is 4.00. The van der Waals surface area contributed by atoms with E-state index in [9.17, 15) is 4.79 Å². The third-order valence-corrected chi connectivity index (χ3v) is 4.68. The normalized spacial score (nSPS) is 13.9. The Labute approximate surface area is 131 Å². The van der Waals surface area contributed by atoms with Gasteiger partial charge >= 0.3 is 0 Å². The predicted molar refractivity (Wildman–Crippen MR) is 82.2 cm³/mol. The number of rotatable bonds is 5. The molecule has 1 saturated carbocycles. The number of carbonyl (C=O) groups excluding carboxylic acids is 1. The highest BCUT2D eigenvalue weighted by Crippen LogP contribution is 2.41. The quantitative estimate of drug-likeness (QED) is 0.605. The van der Waals surface area contributed by atoms with Gasteiger partial charge < -0.3 is 0 Å². The van der Waals surface area contributed by atoms with E-state index in [-0.39, 0.29) is 5.78 Å². The second-order valence-electron chi connectivity index (χ2n) is 5.03. The lowest BCUT2D eigenvalue weighted by molar-refractivity contribution is 0.0985. The molecule has 1 aromatic carbocycles. The van der Waals surface area contributed by atoms with Crippen LogP contribution in [0.5, 0.6) is 0 Å². The van der Waals surface area contributed by atoms with Crippen LogP contribution in [0.15, 0.2) is 18.2 Å². The molecule has 21 heavy (non-hydrogen) atoms. The lowest BCUT2D eigenvalue weighted by Gasteiger charge is -2.06. The first-order chi connectivity index (χ1) is 10.2. The molecular formula is C15H12ClN3OS. The largest absolute Gasteiger partial charge is 0.293 e. The van der Waals surface area contributed by atoms with Gasteiger partial charge in [-0.05, 0) is 42.4 Å². The van der Waals surface area contributed by atoms with Crippen LogP contribution in [0.25, 0.3) is 4.85 Å². The Balaban J connectivity index is 1.75. The van der Waals surface area contributed by atoms with Crippen molar-refractivity contribution in [2.24, 2.45) is 0 Å². The van der Waals surface area contributed by atoms with Crippen molar-refractivity contribution in [2.75, 3.05) is 0 Å². The number of benzene rings is 1. The van der Waals surface area contributed by atoms with E-state index in [2.05, 4.69) is 14.4 Å². The summed E-state index contributed by atoms with van der Waals surface area (Å²) >= 11 is 7.30. The molecule has 4 nitrogen and oxygen atoms in total. The van der Waals surface area contributed by atoms with E-state index in [0.717, 1.165) is 24.1 Å². The van der Waals surface area contributed by atoms with Crippen LogP contribution >= 0.6 is 23.1 Å². The van der Waals surface area contributed by atoms with Gasteiger partial charge in [-0.25, -0.2) is 4.85 Å². The molecule has 0 saturated heterocycles. The van der Waals surface area contributed by atoms with E-state index in [1.165, 1.54) is 11.5 Å². The highest BCUT2D eigenvalue weighted by Gasteiger charge is 2.31. The number of hydrogen-bond acceptors (Lipinski definition) is 4. The summed E-state index contributed by atoms with van der Waals surface area (Å²) in [6, 6.07) is 5.22. The minimum absolute atomic E-state index is 0.0442. The zero-order valence-electron chi connectivity index (χ0n) is 11.2. The Morgan fingerprint density at radius 1 is 1.48 bits per heavy atom. The van der Waals surface area contributed by atoms with E-state index < -0.39 is 0 Å². The maximum atomic E-state index is 12.4. The molecule has 1 aromatic heterocycles. The number of aromatic nitrogens is 2. The van der Waals surface area contributed by atoms with Gasteiger partial charge in [0.1, 0.15) is 4.88 Å². The highest BCUT2D eigenvalue weighted by molar-refractivity contribution is 7.08. The maximum absolute atomic E-state index is 12.4. The zero-order chi connectivity index (χ0) is 14.8. The van der Waals surface area contributed by atoms with Crippen LogP contribution in [0.2, 0.25) is 5.02 Å². The molecule has 1 fully saturated rings. The van der Waals surface area contributed by atoms with Gasteiger partial charge in [0, 0.05) is 17.4 Å². The Hall–Kier alpha value is -1.77. The minimum atomic E-state index is 0.0442. The number of carbonyl (C=O) groups is 1. The summed E-state index contributed by atoms with van der Waals surface area (Å²) in [5.41, 5.74) is 2.11. The standard InChI is InChI=1S/C15H12ClN3OS/c1-17-12-4-2-3-11(16)10(12)7-8-13(20)15-14(9-5-6-9)18-19-21-15/h2-4,9H,5-8H2. The van der Waals surface area contributed by atoms with Gasteiger partial charge in [-0.3, -0.25) is 4.79 Å². The van der Waals surface area contributed by atoms with Gasteiger partial charge in [0.05, 0.1) is 12.3 Å². The molecule has 0 unspecified atom stereocenters. The topological polar surface area (TPSA) is 47.2 Å². The lowest BCUT2D eigenvalue weighted by atomic mass is 10.0. The van der Waals surface area contributed by atoms with Gasteiger partial charge in [-0.2, -0.15) is 0 Å². The van der Waals surface area contributed by atoms with Crippen molar-refractivity contribution in [1.82, 2.24) is 9.59 Å². The van der Waals surface area contributed by atoms with Crippen molar-refractivity contribution in [3.05, 3.63) is 50.8 Å². The molecule has 0 amide bonds. The summed E-state index contributed by atoms with van der Waals surface area (Å²) in [5, 5.41) is 4.62. The molecule has 106 valence electrons. The molecule has 2 aromatic rings. The summed E-state index contributed by atoms with van der Waals surface area (Å²) in [6.07, 6.45) is 2.99. The second kappa shape index (κ2) is 5.92. The van der Waals surface area contributed by atoms with Gasteiger partial charge in [0.25, 0.3) is 0 Å². The van der Waals surface area contributed by atoms with E-state index in [1.54, 1.807) is 18.2 Å². The molecule has 0 spiro atoms. The van der Waals surface area contributed by atoms with Gasteiger partial charge in [-0.15, -0.1) is 5.10 Å². The van der Waals surface area contributed by atoms with Crippen molar-refractivity contribution in [1.29, 1.82) is 0 Å². The van der Waals surface area contributed by atoms with E-state index >= 15 is 0 Å². The summed E-state index contributed by atoms with van der Waals surface area (Å²) in [5.74, 6) is 0.463. The highest BCUT2D eigenvalue weighted by atomic mass is 35.5. The van der Waals surface area contributed by atoms with Crippen LogP contribution in [-0.2, 0) is 6.42 Å². The predicted octanol–water partition coefficient (Wildman–Crippen LogP) is 4.44. The monoisotopic (exact) mass is 317 g/mol. The number of Topliss-reactive ketones (excluding diaryl/α,β-unsaturated/α-hetero) is 1. The van der Waals surface area contributed by atoms with Crippen molar-refractivity contribution < 1.29 is 4.79 Å². The second-order valence-corrected chi connectivity index (χ2v) is 6.20. The van der Waals surface area contributed by atoms with Crippen molar-refractivity contribution >= 4 is 34.6 Å². The van der Waals surface area contributed by atoms with Crippen LogP contribution in [0, 0.1) is 6.57 Å². The summed E-state index contributed by atoms with van der Waals surface area (Å²) in [7, 11) is 0. The van der Waals surface area contributed by atoms with Crippen LogP contribution in [0.4, 0.5) is 5.69 Å². The van der Waals surface area contributed by atoms with Crippen molar-refractivity contribution in [3.8, 4) is 0 Å². The van der Waals surface area contributed by atoms with Crippen LogP contribution in [0.3, 0.4) is 0 Å². The molecule has 0 bridgehead atoms. The Bertz CT molecular complexity index is 731. The first-order valence-electron chi connectivity index (χ1n) is 6.71. The van der Waals surface area contributed by atoms with E-state index in [1.807, 2.05) is 0 Å². The van der Waals surface area contributed by atoms with Crippen LogP contribution in [0.1, 0.15) is 46.1 Å². The van der Waals surface area contributed by atoms with Crippen LogP contribution < -0.4 is 0 Å². The SMILES string of the molecule is [C-]#[N+]c1cccc(Cl)c1CCC(=O)c1snnc1C1CC1. The molecule has 3 rings (SSSR count). The first-order valence-corrected chi connectivity index (χ1v) is 7.86. The summed E-state index contributed by atoms with van der Waals surface area (Å²) in [6.45, 7) is 7.17. The average molecular weight is 318 g/mol. The molecular weight excluding hydrogens is 306 g/mol. The summed E-state index contributed by atoms with van der Waals surface area (Å²) < 4.78 is 3.91. The average Bonchev–Trinajstić information content (AvgIpc) is 3.22. The fourth-order valence-corrected chi connectivity index (χ4v) is 3.25. The van der Waals surface area contributed by atoms with E-state index in [0.29, 0.717) is 34.3 Å². The molecule has 0 radical (unpaired) electrons. The minimum Gasteiger partial charge on any atom is -0.293 e. The molecule has 1 aliphatic rings. The third kappa shape index (κ3) is 2.97. The van der Waals surface area contributed by atoms with Gasteiger partial charge in [-0.1, -0.05) is 28.2 Å². The molecule has 6 heteroatoms. The van der Waals surface area contributed by atoms with Crippen LogP contribution in [-0.4, -0.2) is 15.4 Å². The Morgan fingerprint density at radius 2 is 2.29 bits per heavy atom. The maximum Gasteiger partial charge on any atom is 0.191 e. The zero-order valence-corrected chi connectivity index (χ0v) is 12.7. The molecule has 1 heterocycles. The summed E-state index contributed by atoms with van der Waals surface area (Å²) in [4.78, 5) is 16.5. The number of ketones is 1. The van der Waals surface area contributed by atoms with Gasteiger partial charge in [0.2, 0.25) is 0 Å². The number of nitrogens with zero attached hydrogens (tertiary/aromatic N) is 3.